The number of hydrogen-bond donors (Lipinski definition) is 1. The lowest BCUT2D eigenvalue weighted by molar-refractivity contribution is 0.197. The standard InChI is InChI=1S/C20H23N5O/c1-14(2)25(13-19-21-8-9-24(19)3)12-16-11-22-23-20(16)18-10-15-6-4-5-7-17(15)26-18/h4-11,14H,12-13H2,1-3H3,(H,22,23). The third kappa shape index (κ3) is 3.15. The Hall–Kier alpha value is -2.86. The number of furan rings is 1. The van der Waals surface area contributed by atoms with Gasteiger partial charge >= 0.3 is 0 Å². The first-order valence-electron chi connectivity index (χ1n) is 8.83. The minimum atomic E-state index is 0.380. The number of aromatic amines is 1. The van der Waals surface area contributed by atoms with Gasteiger partial charge in [-0.1, -0.05) is 18.2 Å². The molecule has 0 atom stereocenters. The number of fused-ring (bicyclic) bond motifs is 1. The molecule has 0 spiro atoms. The van der Waals surface area contributed by atoms with E-state index in [1.165, 1.54) is 0 Å². The molecule has 6 nitrogen and oxygen atoms in total. The predicted molar refractivity (Wildman–Crippen MR) is 101 cm³/mol. The van der Waals surface area contributed by atoms with Crippen molar-refractivity contribution in [3.8, 4) is 11.5 Å². The van der Waals surface area contributed by atoms with Gasteiger partial charge in [-0.15, -0.1) is 0 Å². The minimum Gasteiger partial charge on any atom is -0.454 e. The molecule has 0 aliphatic carbocycles. The molecule has 0 amide bonds. The van der Waals surface area contributed by atoms with E-state index in [1.807, 2.05) is 43.8 Å². The van der Waals surface area contributed by atoms with Crippen molar-refractivity contribution in [2.45, 2.75) is 33.0 Å². The summed E-state index contributed by atoms with van der Waals surface area (Å²) in [5.41, 5.74) is 2.94. The van der Waals surface area contributed by atoms with Gasteiger partial charge in [-0.2, -0.15) is 5.10 Å². The number of rotatable bonds is 6. The lowest BCUT2D eigenvalue weighted by atomic mass is 10.1. The zero-order valence-corrected chi connectivity index (χ0v) is 15.3. The Bertz CT molecular complexity index is 977. The van der Waals surface area contributed by atoms with Gasteiger partial charge in [-0.05, 0) is 26.0 Å². The van der Waals surface area contributed by atoms with Crippen LogP contribution in [0.4, 0.5) is 0 Å². The molecule has 0 saturated heterocycles. The number of benzene rings is 1. The first-order valence-corrected chi connectivity index (χ1v) is 8.83. The van der Waals surface area contributed by atoms with Gasteiger partial charge in [0.15, 0.2) is 5.76 Å². The average Bonchev–Trinajstić information content (AvgIpc) is 3.33. The number of H-pyrrole nitrogens is 1. The molecule has 3 heterocycles. The van der Waals surface area contributed by atoms with Gasteiger partial charge in [0.25, 0.3) is 0 Å². The molecule has 0 radical (unpaired) electrons. The number of imidazole rings is 1. The smallest absolute Gasteiger partial charge is 0.153 e. The highest BCUT2D eigenvalue weighted by atomic mass is 16.3. The van der Waals surface area contributed by atoms with E-state index in [4.69, 9.17) is 4.42 Å². The molecule has 1 N–H and O–H groups in total. The highest BCUT2D eigenvalue weighted by molar-refractivity contribution is 5.82. The van der Waals surface area contributed by atoms with Crippen LogP contribution < -0.4 is 0 Å². The van der Waals surface area contributed by atoms with Crippen molar-refractivity contribution >= 4 is 11.0 Å². The summed E-state index contributed by atoms with van der Waals surface area (Å²) in [6, 6.07) is 10.5. The van der Waals surface area contributed by atoms with E-state index in [1.54, 1.807) is 0 Å². The Balaban J connectivity index is 1.61. The number of nitrogens with one attached hydrogen (secondary N) is 1. The maximum absolute atomic E-state index is 6.01. The van der Waals surface area contributed by atoms with E-state index in [0.29, 0.717) is 6.04 Å². The second-order valence-corrected chi connectivity index (χ2v) is 6.87. The van der Waals surface area contributed by atoms with Crippen molar-refractivity contribution in [3.63, 3.8) is 0 Å². The van der Waals surface area contributed by atoms with Gasteiger partial charge < -0.3 is 8.98 Å². The van der Waals surface area contributed by atoms with E-state index in [9.17, 15) is 0 Å². The summed E-state index contributed by atoms with van der Waals surface area (Å²) in [6.07, 6.45) is 5.70. The summed E-state index contributed by atoms with van der Waals surface area (Å²) in [4.78, 5) is 6.83. The van der Waals surface area contributed by atoms with E-state index in [0.717, 1.165) is 46.9 Å². The molecular formula is C20H23N5O. The number of aryl methyl sites for hydroxylation is 1. The van der Waals surface area contributed by atoms with E-state index < -0.39 is 0 Å². The molecule has 0 fully saturated rings. The van der Waals surface area contributed by atoms with E-state index in [2.05, 4.69) is 50.6 Å². The van der Waals surface area contributed by atoms with Crippen molar-refractivity contribution in [1.82, 2.24) is 24.6 Å². The second kappa shape index (κ2) is 6.80. The van der Waals surface area contributed by atoms with Crippen molar-refractivity contribution in [1.29, 1.82) is 0 Å². The quantitative estimate of drug-likeness (QED) is 0.572. The van der Waals surface area contributed by atoms with Crippen LogP contribution in [-0.4, -0.2) is 30.7 Å². The van der Waals surface area contributed by atoms with Gasteiger partial charge in [0.1, 0.15) is 17.1 Å². The Labute approximate surface area is 152 Å². The third-order valence-electron chi connectivity index (χ3n) is 4.76. The maximum Gasteiger partial charge on any atom is 0.153 e. The molecule has 0 unspecified atom stereocenters. The van der Waals surface area contributed by atoms with Crippen LogP contribution in [-0.2, 0) is 20.1 Å². The second-order valence-electron chi connectivity index (χ2n) is 6.87. The van der Waals surface area contributed by atoms with Gasteiger partial charge in [-0.3, -0.25) is 10.00 Å². The monoisotopic (exact) mass is 349 g/mol. The Kier molecular flexibility index (Phi) is 4.34. The van der Waals surface area contributed by atoms with Crippen molar-refractivity contribution in [2.75, 3.05) is 0 Å². The summed E-state index contributed by atoms with van der Waals surface area (Å²) < 4.78 is 8.07. The van der Waals surface area contributed by atoms with Crippen LogP contribution in [0.3, 0.4) is 0 Å². The fourth-order valence-electron chi connectivity index (χ4n) is 3.12. The van der Waals surface area contributed by atoms with Crippen LogP contribution in [0.5, 0.6) is 0 Å². The molecule has 6 heteroatoms. The number of hydrogen-bond acceptors (Lipinski definition) is 4. The first-order chi connectivity index (χ1) is 12.6. The Morgan fingerprint density at radius 1 is 1.23 bits per heavy atom. The van der Waals surface area contributed by atoms with Crippen molar-refractivity contribution in [3.05, 3.63) is 60.3 Å². The van der Waals surface area contributed by atoms with E-state index >= 15 is 0 Å². The SMILES string of the molecule is CC(C)N(Cc1cn[nH]c1-c1cc2ccccc2o1)Cc1nccn1C. The molecule has 0 saturated carbocycles. The molecule has 0 aliphatic rings. The molecular weight excluding hydrogens is 326 g/mol. The van der Waals surface area contributed by atoms with Gasteiger partial charge in [-0.25, -0.2) is 4.98 Å². The average molecular weight is 349 g/mol. The lowest BCUT2D eigenvalue weighted by Crippen LogP contribution is -2.31. The van der Waals surface area contributed by atoms with Crippen LogP contribution >= 0.6 is 0 Å². The van der Waals surface area contributed by atoms with Crippen LogP contribution in [0.15, 0.2) is 53.3 Å². The minimum absolute atomic E-state index is 0.380. The number of aromatic nitrogens is 4. The molecule has 1 aromatic carbocycles. The predicted octanol–water partition coefficient (Wildman–Crippen LogP) is 3.97. The fourth-order valence-corrected chi connectivity index (χ4v) is 3.12. The molecule has 26 heavy (non-hydrogen) atoms. The van der Waals surface area contributed by atoms with Crippen molar-refractivity contribution in [2.24, 2.45) is 7.05 Å². The highest BCUT2D eigenvalue weighted by Gasteiger charge is 2.18. The summed E-state index contributed by atoms with van der Waals surface area (Å²) in [5.74, 6) is 1.87. The zero-order chi connectivity index (χ0) is 18.1. The Morgan fingerprint density at radius 3 is 2.81 bits per heavy atom. The number of para-hydroxylation sites is 1. The molecule has 4 rings (SSSR count). The number of nitrogens with zero attached hydrogens (tertiary/aromatic N) is 4. The normalized spacial score (nSPS) is 11.9. The molecule has 134 valence electrons. The summed E-state index contributed by atoms with van der Waals surface area (Å²) in [5, 5.41) is 8.46. The summed E-state index contributed by atoms with van der Waals surface area (Å²) >= 11 is 0. The fraction of sp³-hybridized carbons (Fsp3) is 0.300. The summed E-state index contributed by atoms with van der Waals surface area (Å²) in [7, 11) is 2.03. The largest absolute Gasteiger partial charge is 0.454 e. The first kappa shape index (κ1) is 16.6. The third-order valence-corrected chi connectivity index (χ3v) is 4.76. The van der Waals surface area contributed by atoms with Crippen LogP contribution in [0.25, 0.3) is 22.4 Å². The summed E-state index contributed by atoms with van der Waals surface area (Å²) in [6.45, 7) is 5.95. The topological polar surface area (TPSA) is 62.9 Å². The molecule has 4 aromatic rings. The van der Waals surface area contributed by atoms with Crippen LogP contribution in [0.2, 0.25) is 0 Å². The molecule has 0 bridgehead atoms. The zero-order valence-electron chi connectivity index (χ0n) is 15.3. The molecule has 3 aromatic heterocycles. The van der Waals surface area contributed by atoms with Crippen molar-refractivity contribution < 1.29 is 4.42 Å². The highest BCUT2D eigenvalue weighted by Crippen LogP contribution is 2.29. The lowest BCUT2D eigenvalue weighted by Gasteiger charge is -2.25. The van der Waals surface area contributed by atoms with Gasteiger partial charge in [0.05, 0.1) is 12.7 Å². The van der Waals surface area contributed by atoms with E-state index in [-0.39, 0.29) is 0 Å². The van der Waals surface area contributed by atoms with Gasteiger partial charge in [0, 0.05) is 43.0 Å². The van der Waals surface area contributed by atoms with Gasteiger partial charge in [0.2, 0.25) is 0 Å². The van der Waals surface area contributed by atoms with Crippen LogP contribution in [0, 0.1) is 0 Å². The Morgan fingerprint density at radius 2 is 2.08 bits per heavy atom. The molecule has 0 aliphatic heterocycles. The maximum atomic E-state index is 6.01. The van der Waals surface area contributed by atoms with Crippen LogP contribution in [0.1, 0.15) is 25.2 Å².